The molecule has 0 bridgehead atoms. The Bertz CT molecular complexity index is 1120. The minimum absolute atomic E-state index is 0.0681. The van der Waals surface area contributed by atoms with Crippen molar-refractivity contribution in [3.8, 4) is 22.3 Å². The average Bonchev–Trinajstić information content (AvgIpc) is 2.76. The highest BCUT2D eigenvalue weighted by molar-refractivity contribution is 5.98. The maximum Gasteiger partial charge on any atom is 0.147 e. The van der Waals surface area contributed by atoms with E-state index in [0.717, 1.165) is 0 Å². The molecule has 144 valence electrons. The molecule has 4 rings (SSSR count). The molecular formula is C27H26OSi. The zero-order valence-electron chi connectivity index (χ0n) is 17.2. The standard InChI is InChI=1S/C27H26OSi/c1-19-11-6-8-15-22(19)24-17-10-18-25(26(24)23-16-9-7-12-20(23)2)27(28-29)21-13-4-3-5-14-21/h3-18,27H,1-2,29H3. The van der Waals surface area contributed by atoms with Crippen LogP contribution in [0.2, 0.25) is 0 Å². The normalized spacial score (nSPS) is 12.1. The summed E-state index contributed by atoms with van der Waals surface area (Å²) in [5.74, 6) is 0. The molecule has 0 aliphatic carbocycles. The Morgan fingerprint density at radius 3 is 1.76 bits per heavy atom. The van der Waals surface area contributed by atoms with Gasteiger partial charge in [0.1, 0.15) is 10.5 Å². The van der Waals surface area contributed by atoms with Gasteiger partial charge in [-0.15, -0.1) is 0 Å². The second-order valence-corrected chi connectivity index (χ2v) is 7.90. The number of hydrogen-bond donors (Lipinski definition) is 0. The summed E-state index contributed by atoms with van der Waals surface area (Å²) in [5, 5.41) is 0. The van der Waals surface area contributed by atoms with Crippen LogP contribution in [0.1, 0.15) is 28.4 Å². The molecule has 0 saturated heterocycles. The predicted octanol–water partition coefficient (Wildman–Crippen LogP) is 6.02. The molecule has 4 aromatic rings. The lowest BCUT2D eigenvalue weighted by Gasteiger charge is -2.24. The van der Waals surface area contributed by atoms with Crippen molar-refractivity contribution < 1.29 is 4.43 Å². The average molecular weight is 395 g/mol. The van der Waals surface area contributed by atoms with Crippen LogP contribution >= 0.6 is 0 Å². The predicted molar refractivity (Wildman–Crippen MR) is 126 cm³/mol. The first-order valence-electron chi connectivity index (χ1n) is 10.0. The number of rotatable bonds is 5. The van der Waals surface area contributed by atoms with Gasteiger partial charge in [0.05, 0.1) is 6.10 Å². The molecule has 0 amide bonds. The van der Waals surface area contributed by atoms with E-state index in [1.54, 1.807) is 0 Å². The van der Waals surface area contributed by atoms with E-state index >= 15 is 0 Å². The monoisotopic (exact) mass is 394 g/mol. The zero-order chi connectivity index (χ0) is 20.2. The van der Waals surface area contributed by atoms with Crippen molar-refractivity contribution >= 4 is 10.5 Å². The van der Waals surface area contributed by atoms with E-state index in [1.807, 2.05) is 0 Å². The summed E-state index contributed by atoms with van der Waals surface area (Å²) in [7, 11) is 0.667. The third-order valence-corrected chi connectivity index (χ3v) is 6.04. The molecule has 0 saturated carbocycles. The maximum atomic E-state index is 6.18. The van der Waals surface area contributed by atoms with Crippen LogP contribution in [0.4, 0.5) is 0 Å². The van der Waals surface area contributed by atoms with Crippen molar-refractivity contribution in [3.63, 3.8) is 0 Å². The van der Waals surface area contributed by atoms with Gasteiger partial charge in [-0.1, -0.05) is 97.1 Å². The lowest BCUT2D eigenvalue weighted by Crippen LogP contribution is -2.07. The van der Waals surface area contributed by atoms with Gasteiger partial charge in [-0.2, -0.15) is 0 Å². The van der Waals surface area contributed by atoms with Gasteiger partial charge in [-0.25, -0.2) is 0 Å². The second kappa shape index (κ2) is 8.60. The van der Waals surface area contributed by atoms with Crippen molar-refractivity contribution in [2.24, 2.45) is 0 Å². The lowest BCUT2D eigenvalue weighted by molar-refractivity contribution is 0.274. The summed E-state index contributed by atoms with van der Waals surface area (Å²) in [4.78, 5) is 0. The molecule has 0 N–H and O–H groups in total. The van der Waals surface area contributed by atoms with Crippen LogP contribution in [-0.2, 0) is 4.43 Å². The van der Waals surface area contributed by atoms with Crippen LogP contribution in [0.3, 0.4) is 0 Å². The molecule has 1 unspecified atom stereocenters. The van der Waals surface area contributed by atoms with Crippen molar-refractivity contribution in [1.82, 2.24) is 0 Å². The Kier molecular flexibility index (Phi) is 5.75. The molecule has 0 aromatic heterocycles. The Labute approximate surface area is 176 Å². The molecule has 0 spiro atoms. The van der Waals surface area contributed by atoms with Crippen LogP contribution in [0.25, 0.3) is 22.3 Å². The Balaban J connectivity index is 2.03. The minimum Gasteiger partial charge on any atom is -0.417 e. The van der Waals surface area contributed by atoms with E-state index in [0.29, 0.717) is 10.5 Å². The summed E-state index contributed by atoms with van der Waals surface area (Å²) < 4.78 is 6.18. The summed E-state index contributed by atoms with van der Waals surface area (Å²) in [6.45, 7) is 4.37. The molecule has 2 heteroatoms. The molecule has 1 nitrogen and oxygen atoms in total. The van der Waals surface area contributed by atoms with E-state index in [2.05, 4.69) is 111 Å². The van der Waals surface area contributed by atoms with Crippen molar-refractivity contribution in [2.45, 2.75) is 20.0 Å². The first-order valence-corrected chi connectivity index (χ1v) is 10.8. The highest BCUT2D eigenvalue weighted by atomic mass is 28.2. The van der Waals surface area contributed by atoms with Crippen LogP contribution in [0, 0.1) is 13.8 Å². The molecule has 0 heterocycles. The molecule has 0 fully saturated rings. The van der Waals surface area contributed by atoms with E-state index < -0.39 is 0 Å². The van der Waals surface area contributed by atoms with E-state index in [1.165, 1.54) is 44.5 Å². The highest BCUT2D eigenvalue weighted by Crippen LogP contribution is 2.42. The summed E-state index contributed by atoms with van der Waals surface area (Å²) in [6.07, 6.45) is -0.0681. The molecule has 4 aromatic carbocycles. The topological polar surface area (TPSA) is 9.23 Å². The van der Waals surface area contributed by atoms with Gasteiger partial charge in [0.15, 0.2) is 0 Å². The van der Waals surface area contributed by atoms with Crippen LogP contribution in [0.5, 0.6) is 0 Å². The molecule has 0 aliphatic rings. The number of hydrogen-bond acceptors (Lipinski definition) is 1. The first kappa shape index (κ1) is 19.4. The van der Waals surface area contributed by atoms with Gasteiger partial charge >= 0.3 is 0 Å². The number of aryl methyl sites for hydroxylation is 2. The van der Waals surface area contributed by atoms with Crippen LogP contribution in [0.15, 0.2) is 97.1 Å². The van der Waals surface area contributed by atoms with E-state index in [-0.39, 0.29) is 6.10 Å². The largest absolute Gasteiger partial charge is 0.417 e. The summed E-state index contributed by atoms with van der Waals surface area (Å²) >= 11 is 0. The lowest BCUT2D eigenvalue weighted by atomic mass is 9.84. The fraction of sp³-hybridized carbons (Fsp3) is 0.111. The van der Waals surface area contributed by atoms with Gasteiger partial charge in [-0.05, 0) is 58.4 Å². The van der Waals surface area contributed by atoms with Crippen molar-refractivity contribution in [1.29, 1.82) is 0 Å². The SMILES string of the molecule is Cc1ccccc1-c1cccc(C(O[SiH3])c2ccccc2)c1-c1ccccc1C. The Hall–Kier alpha value is -2.94. The zero-order valence-corrected chi connectivity index (χ0v) is 19.2. The van der Waals surface area contributed by atoms with Crippen molar-refractivity contribution in [2.75, 3.05) is 0 Å². The maximum absolute atomic E-state index is 6.18. The molecule has 0 aliphatic heterocycles. The Morgan fingerprint density at radius 1 is 0.586 bits per heavy atom. The smallest absolute Gasteiger partial charge is 0.147 e. The van der Waals surface area contributed by atoms with E-state index in [4.69, 9.17) is 4.43 Å². The third-order valence-electron chi connectivity index (χ3n) is 5.57. The van der Waals surface area contributed by atoms with Gasteiger partial charge in [0.2, 0.25) is 0 Å². The summed E-state index contributed by atoms with van der Waals surface area (Å²) in [6, 6.07) is 34.4. The van der Waals surface area contributed by atoms with Gasteiger partial charge in [0.25, 0.3) is 0 Å². The van der Waals surface area contributed by atoms with Crippen molar-refractivity contribution in [3.05, 3.63) is 119 Å². The fourth-order valence-electron chi connectivity index (χ4n) is 4.11. The quantitative estimate of drug-likeness (QED) is 0.376. The van der Waals surface area contributed by atoms with Crippen LogP contribution < -0.4 is 0 Å². The minimum atomic E-state index is -0.0681. The van der Waals surface area contributed by atoms with Gasteiger partial charge in [0, 0.05) is 0 Å². The van der Waals surface area contributed by atoms with Crippen LogP contribution in [-0.4, -0.2) is 10.5 Å². The molecule has 0 radical (unpaired) electrons. The fourth-order valence-corrected chi connectivity index (χ4v) is 4.64. The molecule has 29 heavy (non-hydrogen) atoms. The third kappa shape index (κ3) is 3.82. The van der Waals surface area contributed by atoms with Gasteiger partial charge in [-0.3, -0.25) is 0 Å². The number of benzene rings is 4. The summed E-state index contributed by atoms with van der Waals surface area (Å²) in [5.41, 5.74) is 10.0. The first-order chi connectivity index (χ1) is 14.2. The highest BCUT2D eigenvalue weighted by Gasteiger charge is 2.21. The molecular weight excluding hydrogens is 368 g/mol. The Morgan fingerprint density at radius 2 is 1.14 bits per heavy atom. The molecule has 1 atom stereocenters. The second-order valence-electron chi connectivity index (χ2n) is 7.43. The van der Waals surface area contributed by atoms with Gasteiger partial charge < -0.3 is 4.43 Å². The van der Waals surface area contributed by atoms with E-state index in [9.17, 15) is 0 Å².